The van der Waals surface area contributed by atoms with Gasteiger partial charge in [-0.3, -0.25) is 4.79 Å². The van der Waals surface area contributed by atoms with Crippen LogP contribution in [0.2, 0.25) is 0 Å². The van der Waals surface area contributed by atoms with Crippen molar-refractivity contribution in [2.24, 2.45) is 17.8 Å². The van der Waals surface area contributed by atoms with Gasteiger partial charge in [-0.05, 0) is 42.7 Å². The summed E-state index contributed by atoms with van der Waals surface area (Å²) in [6.07, 6.45) is 4.55. The zero-order valence-corrected chi connectivity index (χ0v) is 20.0. The SMILES string of the molecule is CC(C)CCn1c(COc2ccccc2)nnc1SCC(=O)NC1CCCC(C)C1C. The van der Waals surface area contributed by atoms with Crippen LogP contribution < -0.4 is 10.1 Å². The second-order valence-electron chi connectivity index (χ2n) is 9.06. The third-order valence-corrected chi connectivity index (χ3v) is 7.19. The van der Waals surface area contributed by atoms with Crippen molar-refractivity contribution in [3.8, 4) is 5.75 Å². The third-order valence-electron chi connectivity index (χ3n) is 6.22. The van der Waals surface area contributed by atoms with E-state index in [4.69, 9.17) is 4.74 Å². The molecule has 7 heteroatoms. The zero-order chi connectivity index (χ0) is 22.2. The summed E-state index contributed by atoms with van der Waals surface area (Å²) in [5, 5.41) is 12.8. The van der Waals surface area contributed by atoms with Gasteiger partial charge in [-0.15, -0.1) is 10.2 Å². The van der Waals surface area contributed by atoms with Crippen molar-refractivity contribution < 1.29 is 9.53 Å². The number of thioether (sulfide) groups is 1. The van der Waals surface area contributed by atoms with Gasteiger partial charge in [0.05, 0.1) is 5.75 Å². The van der Waals surface area contributed by atoms with E-state index in [2.05, 4.69) is 47.8 Å². The largest absolute Gasteiger partial charge is 0.486 e. The molecule has 1 fully saturated rings. The smallest absolute Gasteiger partial charge is 0.230 e. The zero-order valence-electron chi connectivity index (χ0n) is 19.2. The molecule has 6 nitrogen and oxygen atoms in total. The minimum Gasteiger partial charge on any atom is -0.486 e. The van der Waals surface area contributed by atoms with E-state index in [-0.39, 0.29) is 11.9 Å². The molecule has 1 aliphatic rings. The van der Waals surface area contributed by atoms with E-state index in [1.54, 1.807) is 0 Å². The molecule has 3 unspecified atom stereocenters. The summed E-state index contributed by atoms with van der Waals surface area (Å²) in [5.41, 5.74) is 0. The summed E-state index contributed by atoms with van der Waals surface area (Å²) in [5.74, 6) is 3.80. The molecule has 2 aromatic rings. The van der Waals surface area contributed by atoms with E-state index in [9.17, 15) is 4.79 Å². The van der Waals surface area contributed by atoms with Gasteiger partial charge >= 0.3 is 0 Å². The van der Waals surface area contributed by atoms with Gasteiger partial charge < -0.3 is 14.6 Å². The second kappa shape index (κ2) is 11.6. The van der Waals surface area contributed by atoms with Crippen LogP contribution in [0.25, 0.3) is 0 Å². The predicted molar refractivity (Wildman–Crippen MR) is 125 cm³/mol. The molecule has 1 saturated carbocycles. The van der Waals surface area contributed by atoms with Gasteiger partial charge in [0.25, 0.3) is 0 Å². The monoisotopic (exact) mass is 444 g/mol. The number of rotatable bonds is 10. The molecule has 1 aromatic carbocycles. The molecule has 0 aliphatic heterocycles. The first-order valence-electron chi connectivity index (χ1n) is 11.5. The molecule has 31 heavy (non-hydrogen) atoms. The summed E-state index contributed by atoms with van der Waals surface area (Å²) in [4.78, 5) is 12.6. The highest BCUT2D eigenvalue weighted by molar-refractivity contribution is 7.99. The number of benzene rings is 1. The lowest BCUT2D eigenvalue weighted by Crippen LogP contribution is -2.44. The van der Waals surface area contributed by atoms with Crippen LogP contribution in [0.3, 0.4) is 0 Å². The predicted octanol–water partition coefficient (Wildman–Crippen LogP) is 4.94. The van der Waals surface area contributed by atoms with Gasteiger partial charge in [0.2, 0.25) is 5.91 Å². The molecular formula is C24H36N4O2S. The average Bonchev–Trinajstić information content (AvgIpc) is 3.15. The molecule has 3 atom stereocenters. The fourth-order valence-corrected chi connectivity index (χ4v) is 4.77. The quantitative estimate of drug-likeness (QED) is 0.526. The van der Waals surface area contributed by atoms with E-state index < -0.39 is 0 Å². The Hall–Kier alpha value is -2.02. The molecular weight excluding hydrogens is 408 g/mol. The Morgan fingerprint density at radius 2 is 2.00 bits per heavy atom. The maximum Gasteiger partial charge on any atom is 0.230 e. The Bertz CT molecular complexity index is 824. The minimum absolute atomic E-state index is 0.0800. The van der Waals surface area contributed by atoms with Crippen LogP contribution >= 0.6 is 11.8 Å². The summed E-state index contributed by atoms with van der Waals surface area (Å²) in [6, 6.07) is 10.0. The molecule has 0 radical (unpaired) electrons. The van der Waals surface area contributed by atoms with Crippen molar-refractivity contribution in [3.05, 3.63) is 36.2 Å². The molecule has 3 rings (SSSR count). The number of hydrogen-bond donors (Lipinski definition) is 1. The van der Waals surface area contributed by atoms with Crippen molar-refractivity contribution in [2.45, 2.75) is 77.7 Å². The molecule has 1 aromatic heterocycles. The first-order chi connectivity index (χ1) is 14.9. The lowest BCUT2D eigenvalue weighted by Gasteiger charge is -2.34. The van der Waals surface area contributed by atoms with Crippen LogP contribution in [0.15, 0.2) is 35.5 Å². The van der Waals surface area contributed by atoms with Gasteiger partial charge in [0.15, 0.2) is 11.0 Å². The third kappa shape index (κ3) is 6.99. The Morgan fingerprint density at radius 1 is 1.23 bits per heavy atom. The van der Waals surface area contributed by atoms with E-state index in [1.807, 2.05) is 30.3 Å². The number of carbonyl (C=O) groups is 1. The lowest BCUT2D eigenvalue weighted by atomic mass is 9.78. The minimum atomic E-state index is 0.0800. The summed E-state index contributed by atoms with van der Waals surface area (Å²) < 4.78 is 7.99. The lowest BCUT2D eigenvalue weighted by molar-refractivity contribution is -0.120. The topological polar surface area (TPSA) is 69.0 Å². The molecule has 0 bridgehead atoms. The fourth-order valence-electron chi connectivity index (χ4n) is 3.97. The standard InChI is InChI=1S/C24H36N4O2S/c1-17(2)13-14-28-22(15-30-20-10-6-5-7-11-20)26-27-24(28)31-16-23(29)25-21-12-8-9-18(3)19(21)4/h5-7,10-11,17-19,21H,8-9,12-16H2,1-4H3,(H,25,29). The van der Waals surface area contributed by atoms with Gasteiger partial charge in [-0.2, -0.15) is 0 Å². The van der Waals surface area contributed by atoms with Crippen molar-refractivity contribution in [1.82, 2.24) is 20.1 Å². The van der Waals surface area contributed by atoms with Gasteiger partial charge in [0.1, 0.15) is 12.4 Å². The van der Waals surface area contributed by atoms with E-state index in [1.165, 1.54) is 24.6 Å². The molecule has 170 valence electrons. The molecule has 1 heterocycles. The Balaban J connectivity index is 1.59. The summed E-state index contributed by atoms with van der Waals surface area (Å²) in [7, 11) is 0. The Morgan fingerprint density at radius 3 is 2.74 bits per heavy atom. The molecule has 1 amide bonds. The second-order valence-corrected chi connectivity index (χ2v) is 10.0. The number of aromatic nitrogens is 3. The van der Waals surface area contributed by atoms with Gasteiger partial charge in [0, 0.05) is 12.6 Å². The van der Waals surface area contributed by atoms with Crippen LogP contribution in [0.1, 0.15) is 59.2 Å². The van der Waals surface area contributed by atoms with Crippen molar-refractivity contribution in [2.75, 3.05) is 5.75 Å². The molecule has 0 saturated heterocycles. The van der Waals surface area contributed by atoms with Crippen LogP contribution in [-0.4, -0.2) is 32.5 Å². The van der Waals surface area contributed by atoms with Crippen LogP contribution in [0.5, 0.6) is 5.75 Å². The average molecular weight is 445 g/mol. The number of amides is 1. The fraction of sp³-hybridized carbons (Fsp3) is 0.625. The molecule has 0 spiro atoms. The first-order valence-corrected chi connectivity index (χ1v) is 12.4. The van der Waals surface area contributed by atoms with Crippen LogP contribution in [0, 0.1) is 17.8 Å². The summed E-state index contributed by atoms with van der Waals surface area (Å²) >= 11 is 1.46. The van der Waals surface area contributed by atoms with E-state index in [0.717, 1.165) is 36.1 Å². The van der Waals surface area contributed by atoms with Crippen molar-refractivity contribution in [3.63, 3.8) is 0 Å². The Labute approximate surface area is 190 Å². The highest BCUT2D eigenvalue weighted by Gasteiger charge is 2.28. The number of nitrogens with zero attached hydrogens (tertiary/aromatic N) is 3. The number of hydrogen-bond acceptors (Lipinski definition) is 5. The Kier molecular flexibility index (Phi) is 8.81. The highest BCUT2D eigenvalue weighted by Crippen LogP contribution is 2.29. The maximum atomic E-state index is 12.6. The molecule has 1 aliphatic carbocycles. The van der Waals surface area contributed by atoms with Gasteiger partial charge in [-0.1, -0.05) is 70.5 Å². The van der Waals surface area contributed by atoms with E-state index >= 15 is 0 Å². The number of para-hydroxylation sites is 1. The summed E-state index contributed by atoms with van der Waals surface area (Å²) in [6.45, 7) is 10.1. The highest BCUT2D eigenvalue weighted by atomic mass is 32.2. The molecule has 1 N–H and O–H groups in total. The number of ether oxygens (including phenoxy) is 1. The maximum absolute atomic E-state index is 12.6. The van der Waals surface area contributed by atoms with Crippen molar-refractivity contribution in [1.29, 1.82) is 0 Å². The van der Waals surface area contributed by atoms with E-state index in [0.29, 0.717) is 30.1 Å². The number of nitrogens with one attached hydrogen (secondary N) is 1. The normalized spacial score (nSPS) is 21.3. The van der Waals surface area contributed by atoms with Crippen molar-refractivity contribution >= 4 is 17.7 Å². The van der Waals surface area contributed by atoms with Crippen LogP contribution in [-0.2, 0) is 17.9 Å². The van der Waals surface area contributed by atoms with Gasteiger partial charge in [-0.25, -0.2) is 0 Å². The number of carbonyl (C=O) groups excluding carboxylic acids is 1. The first kappa shape index (κ1) is 23.6. The van der Waals surface area contributed by atoms with Crippen LogP contribution in [0.4, 0.5) is 0 Å².